The van der Waals surface area contributed by atoms with Gasteiger partial charge in [-0.25, -0.2) is 4.98 Å². The minimum atomic E-state index is -0.143. The lowest BCUT2D eigenvalue weighted by molar-refractivity contribution is 0.475. The Morgan fingerprint density at radius 1 is 0.906 bits per heavy atom. The van der Waals surface area contributed by atoms with Crippen LogP contribution in [0.5, 0.6) is 11.5 Å². The number of hydrogen-bond donors (Lipinski definition) is 4. The molecule has 1 heterocycles. The number of nitrogens with one attached hydrogen (secondary N) is 2. The van der Waals surface area contributed by atoms with E-state index in [2.05, 4.69) is 20.6 Å². The van der Waals surface area contributed by atoms with E-state index >= 15 is 0 Å². The maximum atomic E-state index is 9.78. The molecule has 3 aromatic carbocycles. The number of phenols is 2. The average molecular weight is 485 g/mol. The van der Waals surface area contributed by atoms with Crippen molar-refractivity contribution in [1.29, 1.82) is 0 Å². The van der Waals surface area contributed by atoms with Crippen LogP contribution in [0.4, 0.5) is 5.82 Å². The number of halogens is 2. The van der Waals surface area contributed by atoms with Gasteiger partial charge in [-0.15, -0.1) is 0 Å². The third kappa shape index (κ3) is 5.19. The van der Waals surface area contributed by atoms with E-state index in [4.69, 9.17) is 35.4 Å². The molecule has 0 aliphatic carbocycles. The van der Waals surface area contributed by atoms with Crippen molar-refractivity contribution in [2.75, 3.05) is 11.9 Å². The van der Waals surface area contributed by atoms with Crippen molar-refractivity contribution in [2.24, 2.45) is 0 Å². The standard InChI is InChI=1S/C23H18Cl2N4O2S/c24-17-9-15(10-18(25)22(17)31)14-3-6-19-20(11-14)28-21(12-27-19)29-23(32)26-8-7-13-1-4-16(30)5-2-13/h1-6,9-12,30-31H,7-8H2,(H2,26,28,29,32). The van der Waals surface area contributed by atoms with Crippen molar-refractivity contribution < 1.29 is 10.2 Å². The molecule has 0 bridgehead atoms. The van der Waals surface area contributed by atoms with Crippen molar-refractivity contribution in [3.8, 4) is 22.6 Å². The van der Waals surface area contributed by atoms with E-state index in [1.54, 1.807) is 30.5 Å². The Hall–Kier alpha value is -3.13. The fourth-order valence-electron chi connectivity index (χ4n) is 3.13. The van der Waals surface area contributed by atoms with Gasteiger partial charge in [0.05, 0.1) is 27.3 Å². The molecule has 0 aliphatic heterocycles. The van der Waals surface area contributed by atoms with E-state index in [0.29, 0.717) is 23.0 Å². The van der Waals surface area contributed by atoms with Crippen LogP contribution >= 0.6 is 35.4 Å². The van der Waals surface area contributed by atoms with Crippen LogP contribution in [0.2, 0.25) is 10.0 Å². The van der Waals surface area contributed by atoms with Gasteiger partial charge in [0.25, 0.3) is 0 Å². The molecule has 0 atom stereocenters. The summed E-state index contributed by atoms with van der Waals surface area (Å²) in [5.41, 5.74) is 4.07. The Morgan fingerprint density at radius 2 is 1.62 bits per heavy atom. The van der Waals surface area contributed by atoms with Gasteiger partial charge in [-0.05, 0) is 71.7 Å². The second-order valence-electron chi connectivity index (χ2n) is 7.04. The fraction of sp³-hybridized carbons (Fsp3) is 0.0870. The van der Waals surface area contributed by atoms with Crippen LogP contribution in [0.25, 0.3) is 22.2 Å². The van der Waals surface area contributed by atoms with Gasteiger partial charge in [-0.3, -0.25) is 4.98 Å². The van der Waals surface area contributed by atoms with Gasteiger partial charge in [-0.2, -0.15) is 0 Å². The minimum absolute atomic E-state index is 0.143. The summed E-state index contributed by atoms with van der Waals surface area (Å²) in [4.78, 5) is 9.02. The summed E-state index contributed by atoms with van der Waals surface area (Å²) >= 11 is 17.5. The van der Waals surface area contributed by atoms with Gasteiger partial charge < -0.3 is 20.8 Å². The molecule has 0 saturated heterocycles. The van der Waals surface area contributed by atoms with Crippen LogP contribution < -0.4 is 10.6 Å². The van der Waals surface area contributed by atoms with E-state index < -0.39 is 0 Å². The summed E-state index contributed by atoms with van der Waals surface area (Å²) in [6, 6.07) is 16.0. The third-order valence-electron chi connectivity index (χ3n) is 4.77. The topological polar surface area (TPSA) is 90.3 Å². The van der Waals surface area contributed by atoms with E-state index in [9.17, 15) is 10.2 Å². The second kappa shape index (κ2) is 9.56. The Bertz CT molecular complexity index is 1280. The first-order chi connectivity index (χ1) is 15.4. The highest BCUT2D eigenvalue weighted by Gasteiger charge is 2.10. The first-order valence-electron chi connectivity index (χ1n) is 9.67. The Balaban J connectivity index is 1.45. The Morgan fingerprint density at radius 3 is 2.34 bits per heavy atom. The lowest BCUT2D eigenvalue weighted by atomic mass is 10.0. The summed E-state index contributed by atoms with van der Waals surface area (Å²) in [6.45, 7) is 0.629. The molecule has 0 spiro atoms. The summed E-state index contributed by atoms with van der Waals surface area (Å²) in [7, 11) is 0. The van der Waals surface area contributed by atoms with Gasteiger partial charge in [-0.1, -0.05) is 41.4 Å². The van der Waals surface area contributed by atoms with Gasteiger partial charge in [0.1, 0.15) is 5.75 Å². The summed E-state index contributed by atoms with van der Waals surface area (Å²) < 4.78 is 0. The van der Waals surface area contributed by atoms with Crippen molar-refractivity contribution in [2.45, 2.75) is 6.42 Å². The summed E-state index contributed by atoms with van der Waals surface area (Å²) in [6.07, 6.45) is 2.37. The van der Waals surface area contributed by atoms with Gasteiger partial charge >= 0.3 is 0 Å². The van der Waals surface area contributed by atoms with Gasteiger partial charge in [0, 0.05) is 6.54 Å². The quantitative estimate of drug-likeness (QED) is 0.276. The predicted molar refractivity (Wildman–Crippen MR) is 133 cm³/mol. The van der Waals surface area contributed by atoms with Crippen LogP contribution in [-0.2, 0) is 6.42 Å². The average Bonchev–Trinajstić information content (AvgIpc) is 2.78. The number of aromatic hydroxyl groups is 2. The van der Waals surface area contributed by atoms with Crippen LogP contribution in [0, 0.1) is 0 Å². The van der Waals surface area contributed by atoms with Crippen LogP contribution in [0.3, 0.4) is 0 Å². The largest absolute Gasteiger partial charge is 0.508 e. The monoisotopic (exact) mass is 484 g/mol. The van der Waals surface area contributed by atoms with E-state index in [1.807, 2.05) is 30.3 Å². The van der Waals surface area contributed by atoms with Crippen LogP contribution in [0.15, 0.2) is 60.8 Å². The summed E-state index contributed by atoms with van der Waals surface area (Å²) in [5.74, 6) is 0.614. The highest BCUT2D eigenvalue weighted by atomic mass is 35.5. The van der Waals surface area contributed by atoms with Crippen molar-refractivity contribution >= 4 is 57.4 Å². The minimum Gasteiger partial charge on any atom is -0.508 e. The molecule has 0 saturated carbocycles. The molecule has 0 aliphatic rings. The molecule has 0 radical (unpaired) electrons. The molecule has 1 aromatic heterocycles. The predicted octanol–water partition coefficient (Wildman–Crippen LogP) is 5.54. The molecule has 4 aromatic rings. The summed E-state index contributed by atoms with van der Waals surface area (Å²) in [5, 5.41) is 26.1. The highest BCUT2D eigenvalue weighted by molar-refractivity contribution is 7.80. The number of phenolic OH excluding ortho intramolecular Hbond substituents is 2. The number of rotatable bonds is 5. The van der Waals surface area contributed by atoms with Crippen LogP contribution in [0.1, 0.15) is 5.56 Å². The van der Waals surface area contributed by atoms with Crippen molar-refractivity contribution in [1.82, 2.24) is 15.3 Å². The zero-order valence-corrected chi connectivity index (χ0v) is 19.0. The lowest BCUT2D eigenvalue weighted by Crippen LogP contribution is -2.30. The molecule has 162 valence electrons. The number of fused-ring (bicyclic) bond motifs is 1. The first-order valence-corrected chi connectivity index (χ1v) is 10.8. The molecule has 0 amide bonds. The molecular formula is C23H18Cl2N4O2S. The van der Waals surface area contributed by atoms with E-state index in [-0.39, 0.29) is 21.5 Å². The molecule has 0 unspecified atom stereocenters. The maximum absolute atomic E-state index is 9.78. The SMILES string of the molecule is Oc1ccc(CCNC(=S)Nc2cnc3ccc(-c4cc(Cl)c(O)c(Cl)c4)cc3n2)cc1. The number of thiocarbonyl (C=S) groups is 1. The van der Waals surface area contributed by atoms with Gasteiger partial charge in [0.2, 0.25) is 0 Å². The molecule has 4 rings (SSSR count). The Labute approximate surface area is 199 Å². The van der Waals surface area contributed by atoms with E-state index in [0.717, 1.165) is 28.6 Å². The number of nitrogens with zero attached hydrogens (tertiary/aromatic N) is 2. The van der Waals surface area contributed by atoms with Crippen molar-refractivity contribution in [3.63, 3.8) is 0 Å². The first kappa shape index (κ1) is 22.1. The Kier molecular flexibility index (Phi) is 6.60. The third-order valence-corrected chi connectivity index (χ3v) is 5.59. The van der Waals surface area contributed by atoms with Crippen molar-refractivity contribution in [3.05, 3.63) is 76.4 Å². The molecule has 6 nitrogen and oxygen atoms in total. The zero-order chi connectivity index (χ0) is 22.7. The van der Waals surface area contributed by atoms with E-state index in [1.165, 1.54) is 0 Å². The molecular weight excluding hydrogens is 467 g/mol. The molecule has 0 fully saturated rings. The number of anilines is 1. The lowest BCUT2D eigenvalue weighted by Gasteiger charge is -2.11. The maximum Gasteiger partial charge on any atom is 0.171 e. The second-order valence-corrected chi connectivity index (χ2v) is 8.27. The molecule has 32 heavy (non-hydrogen) atoms. The molecule has 4 N–H and O–H groups in total. The number of aromatic nitrogens is 2. The van der Waals surface area contributed by atoms with Crippen LogP contribution in [-0.4, -0.2) is 31.8 Å². The fourth-order valence-corrected chi connectivity index (χ4v) is 3.82. The number of hydrogen-bond acceptors (Lipinski definition) is 5. The number of benzene rings is 3. The normalized spacial score (nSPS) is 10.8. The smallest absolute Gasteiger partial charge is 0.171 e. The zero-order valence-electron chi connectivity index (χ0n) is 16.6. The highest BCUT2D eigenvalue weighted by Crippen LogP contribution is 2.36. The molecule has 9 heteroatoms. The van der Waals surface area contributed by atoms with Gasteiger partial charge in [0.15, 0.2) is 16.7 Å².